The Hall–Kier alpha value is -2.20. The Kier molecular flexibility index (Phi) is 4.85. The van der Waals surface area contributed by atoms with Crippen LogP contribution >= 0.6 is 11.6 Å². The van der Waals surface area contributed by atoms with Crippen molar-refractivity contribution in [3.8, 4) is 0 Å². The second-order valence-electron chi connectivity index (χ2n) is 4.10. The summed E-state index contributed by atoms with van der Waals surface area (Å²) in [7, 11) is 0. The van der Waals surface area contributed by atoms with Crippen molar-refractivity contribution >= 4 is 23.2 Å². The van der Waals surface area contributed by atoms with Gasteiger partial charge in [0.05, 0.1) is 11.3 Å². The molecule has 1 aromatic carbocycles. The highest BCUT2D eigenvalue weighted by Crippen LogP contribution is 2.11. The zero-order valence-corrected chi connectivity index (χ0v) is 11.8. The molecule has 102 valence electrons. The molecule has 0 radical (unpaired) electrons. The van der Waals surface area contributed by atoms with Gasteiger partial charge in [-0.25, -0.2) is 5.43 Å². The fourth-order valence-electron chi connectivity index (χ4n) is 1.67. The smallest absolute Gasteiger partial charge is 0.267 e. The van der Waals surface area contributed by atoms with E-state index >= 15 is 0 Å². The van der Waals surface area contributed by atoms with Crippen LogP contribution in [0.15, 0.2) is 53.9 Å². The molecule has 1 N–H and O–H groups in total. The summed E-state index contributed by atoms with van der Waals surface area (Å²) >= 11 is 5.85. The van der Waals surface area contributed by atoms with Crippen LogP contribution in [-0.2, 0) is 0 Å². The lowest BCUT2D eigenvalue weighted by Crippen LogP contribution is -2.20. The molecule has 2 rings (SSSR count). The number of amides is 1. The molecule has 20 heavy (non-hydrogen) atoms. The summed E-state index contributed by atoms with van der Waals surface area (Å²) in [6.07, 6.45) is 3.82. The lowest BCUT2D eigenvalue weighted by molar-refractivity contribution is 0.0954. The van der Waals surface area contributed by atoms with E-state index in [0.717, 1.165) is 11.3 Å². The maximum absolute atomic E-state index is 11.9. The first kappa shape index (κ1) is 14.2. The van der Waals surface area contributed by atoms with Gasteiger partial charge in [-0.3, -0.25) is 9.78 Å². The zero-order chi connectivity index (χ0) is 14.4. The van der Waals surface area contributed by atoms with Gasteiger partial charge >= 0.3 is 0 Å². The number of halogens is 1. The SMILES string of the molecule is CC/C(=N/NC(=O)c1cccnc1)c1ccc(Cl)cc1. The Morgan fingerprint density at radius 1 is 1.25 bits per heavy atom. The summed E-state index contributed by atoms with van der Waals surface area (Å²) in [5, 5.41) is 4.83. The van der Waals surface area contributed by atoms with E-state index in [1.807, 2.05) is 19.1 Å². The van der Waals surface area contributed by atoms with Gasteiger partial charge in [0.1, 0.15) is 0 Å². The molecule has 0 fully saturated rings. The number of hydrogen-bond donors (Lipinski definition) is 1. The standard InChI is InChI=1S/C15H14ClN3O/c1-2-14(11-5-7-13(16)8-6-11)18-19-15(20)12-4-3-9-17-10-12/h3-10H,2H2,1H3,(H,19,20)/b18-14-. The highest BCUT2D eigenvalue weighted by atomic mass is 35.5. The molecule has 1 amide bonds. The van der Waals surface area contributed by atoms with Crippen LogP contribution in [0.2, 0.25) is 5.02 Å². The third kappa shape index (κ3) is 3.65. The molecule has 0 aliphatic carbocycles. The number of carbonyl (C=O) groups excluding carboxylic acids is 1. The maximum atomic E-state index is 11.9. The van der Waals surface area contributed by atoms with Crippen molar-refractivity contribution in [1.82, 2.24) is 10.4 Å². The van der Waals surface area contributed by atoms with Crippen molar-refractivity contribution in [1.29, 1.82) is 0 Å². The lowest BCUT2D eigenvalue weighted by atomic mass is 10.1. The minimum Gasteiger partial charge on any atom is -0.267 e. The summed E-state index contributed by atoms with van der Waals surface area (Å²) in [4.78, 5) is 15.8. The van der Waals surface area contributed by atoms with Gasteiger partial charge in [-0.2, -0.15) is 5.10 Å². The number of aromatic nitrogens is 1. The fraction of sp³-hybridized carbons (Fsp3) is 0.133. The number of nitrogens with zero attached hydrogens (tertiary/aromatic N) is 2. The Morgan fingerprint density at radius 3 is 2.60 bits per heavy atom. The summed E-state index contributed by atoms with van der Waals surface area (Å²) in [5.41, 5.74) is 4.74. The number of benzene rings is 1. The number of pyridine rings is 1. The van der Waals surface area contributed by atoms with Crippen LogP contribution in [0.25, 0.3) is 0 Å². The minimum absolute atomic E-state index is 0.280. The number of rotatable bonds is 4. The number of hydrogen-bond acceptors (Lipinski definition) is 3. The molecule has 0 saturated carbocycles. The Bertz CT molecular complexity index is 609. The summed E-state index contributed by atoms with van der Waals surface area (Å²) < 4.78 is 0. The number of hydrazone groups is 1. The van der Waals surface area contributed by atoms with E-state index in [4.69, 9.17) is 11.6 Å². The second kappa shape index (κ2) is 6.82. The highest BCUT2D eigenvalue weighted by Gasteiger charge is 2.05. The van der Waals surface area contributed by atoms with Crippen molar-refractivity contribution in [2.75, 3.05) is 0 Å². The molecule has 1 heterocycles. The molecule has 0 aliphatic heterocycles. The largest absolute Gasteiger partial charge is 0.272 e. The van der Waals surface area contributed by atoms with E-state index in [2.05, 4.69) is 15.5 Å². The predicted octanol–water partition coefficient (Wildman–Crippen LogP) is 3.28. The Morgan fingerprint density at radius 2 is 2.00 bits per heavy atom. The van der Waals surface area contributed by atoms with Gasteiger partial charge in [0.25, 0.3) is 5.91 Å². The Balaban J connectivity index is 2.12. The van der Waals surface area contributed by atoms with Crippen LogP contribution < -0.4 is 5.43 Å². The average molecular weight is 288 g/mol. The van der Waals surface area contributed by atoms with Crippen LogP contribution in [0, 0.1) is 0 Å². The van der Waals surface area contributed by atoms with E-state index in [1.54, 1.807) is 30.5 Å². The minimum atomic E-state index is -0.280. The number of carbonyl (C=O) groups is 1. The molecule has 0 bridgehead atoms. The van der Waals surface area contributed by atoms with E-state index in [0.29, 0.717) is 17.0 Å². The third-order valence-electron chi connectivity index (χ3n) is 2.73. The summed E-state index contributed by atoms with van der Waals surface area (Å²) in [6, 6.07) is 10.7. The quantitative estimate of drug-likeness (QED) is 0.693. The van der Waals surface area contributed by atoms with Crippen molar-refractivity contribution in [3.63, 3.8) is 0 Å². The van der Waals surface area contributed by atoms with Crippen molar-refractivity contribution in [2.24, 2.45) is 5.10 Å². The highest BCUT2D eigenvalue weighted by molar-refractivity contribution is 6.30. The van der Waals surface area contributed by atoms with Gasteiger partial charge in [-0.1, -0.05) is 30.7 Å². The molecular weight excluding hydrogens is 274 g/mol. The second-order valence-corrected chi connectivity index (χ2v) is 4.54. The molecule has 0 saturated heterocycles. The average Bonchev–Trinajstić information content (AvgIpc) is 2.50. The third-order valence-corrected chi connectivity index (χ3v) is 2.98. The molecule has 2 aromatic rings. The molecule has 0 spiro atoms. The Labute approximate surface area is 122 Å². The molecule has 0 aliphatic rings. The molecular formula is C15H14ClN3O. The predicted molar refractivity (Wildman–Crippen MR) is 80.0 cm³/mol. The van der Waals surface area contributed by atoms with Crippen LogP contribution in [0.1, 0.15) is 29.3 Å². The molecule has 0 unspecified atom stereocenters. The van der Waals surface area contributed by atoms with Crippen molar-refractivity contribution in [2.45, 2.75) is 13.3 Å². The van der Waals surface area contributed by atoms with Gasteiger partial charge in [-0.15, -0.1) is 0 Å². The topological polar surface area (TPSA) is 54.4 Å². The maximum Gasteiger partial charge on any atom is 0.272 e. The van der Waals surface area contributed by atoms with E-state index < -0.39 is 0 Å². The summed E-state index contributed by atoms with van der Waals surface area (Å²) in [6.45, 7) is 1.98. The van der Waals surface area contributed by atoms with E-state index in [1.165, 1.54) is 6.20 Å². The van der Waals surface area contributed by atoms with Crippen LogP contribution in [-0.4, -0.2) is 16.6 Å². The molecule has 4 nitrogen and oxygen atoms in total. The summed E-state index contributed by atoms with van der Waals surface area (Å²) in [5.74, 6) is -0.280. The van der Waals surface area contributed by atoms with E-state index in [-0.39, 0.29) is 5.91 Å². The first-order valence-corrected chi connectivity index (χ1v) is 6.61. The van der Waals surface area contributed by atoms with Gasteiger partial charge in [0, 0.05) is 17.4 Å². The van der Waals surface area contributed by atoms with Crippen LogP contribution in [0.3, 0.4) is 0 Å². The first-order chi connectivity index (χ1) is 9.70. The van der Waals surface area contributed by atoms with Crippen LogP contribution in [0.4, 0.5) is 0 Å². The molecule has 1 aromatic heterocycles. The van der Waals surface area contributed by atoms with Gasteiger partial charge < -0.3 is 0 Å². The number of nitrogens with one attached hydrogen (secondary N) is 1. The normalized spacial score (nSPS) is 11.2. The molecule has 0 atom stereocenters. The monoisotopic (exact) mass is 287 g/mol. The van der Waals surface area contributed by atoms with Gasteiger partial charge in [-0.05, 0) is 36.2 Å². The van der Waals surface area contributed by atoms with Gasteiger partial charge in [0.15, 0.2) is 0 Å². The van der Waals surface area contributed by atoms with Gasteiger partial charge in [0.2, 0.25) is 0 Å². The van der Waals surface area contributed by atoms with Crippen molar-refractivity contribution in [3.05, 3.63) is 64.9 Å². The molecule has 5 heteroatoms. The van der Waals surface area contributed by atoms with Crippen LogP contribution in [0.5, 0.6) is 0 Å². The van der Waals surface area contributed by atoms with Crippen molar-refractivity contribution < 1.29 is 4.79 Å². The lowest BCUT2D eigenvalue weighted by Gasteiger charge is -2.05. The first-order valence-electron chi connectivity index (χ1n) is 6.23. The van der Waals surface area contributed by atoms with E-state index in [9.17, 15) is 4.79 Å². The zero-order valence-electron chi connectivity index (χ0n) is 11.0. The fourth-order valence-corrected chi connectivity index (χ4v) is 1.80.